The minimum absolute atomic E-state index is 0.0774. The summed E-state index contributed by atoms with van der Waals surface area (Å²) in [6, 6.07) is 10.5. The SMILES string of the molecule is COc1cccc([C@H]2C[C@@H](O)CN2c2c(F)cc(C#N)cc2F)c1. The Morgan fingerprint density at radius 1 is 1.25 bits per heavy atom. The minimum Gasteiger partial charge on any atom is -0.497 e. The van der Waals surface area contributed by atoms with E-state index in [4.69, 9.17) is 10.00 Å². The van der Waals surface area contributed by atoms with Crippen LogP contribution in [-0.2, 0) is 0 Å². The molecule has 1 aliphatic rings. The van der Waals surface area contributed by atoms with Gasteiger partial charge < -0.3 is 14.7 Å². The number of nitrogens with zero attached hydrogens (tertiary/aromatic N) is 2. The lowest BCUT2D eigenvalue weighted by molar-refractivity contribution is 0.194. The van der Waals surface area contributed by atoms with Gasteiger partial charge in [0, 0.05) is 6.54 Å². The number of halogens is 2. The molecule has 2 aromatic rings. The monoisotopic (exact) mass is 330 g/mol. The Labute approximate surface area is 138 Å². The molecule has 0 unspecified atom stereocenters. The molecule has 2 aromatic carbocycles. The van der Waals surface area contributed by atoms with Crippen LogP contribution in [0, 0.1) is 23.0 Å². The Balaban J connectivity index is 2.04. The molecule has 0 spiro atoms. The van der Waals surface area contributed by atoms with Gasteiger partial charge in [0.05, 0.1) is 30.9 Å². The fourth-order valence-electron chi connectivity index (χ4n) is 3.13. The molecule has 2 atom stereocenters. The second kappa shape index (κ2) is 6.46. The normalized spacial score (nSPS) is 20.0. The summed E-state index contributed by atoms with van der Waals surface area (Å²) in [7, 11) is 1.54. The van der Waals surface area contributed by atoms with Crippen LogP contribution in [0.4, 0.5) is 14.5 Å². The Morgan fingerprint density at radius 3 is 2.58 bits per heavy atom. The van der Waals surface area contributed by atoms with Crippen LogP contribution in [0.25, 0.3) is 0 Å². The van der Waals surface area contributed by atoms with E-state index in [-0.39, 0.29) is 23.8 Å². The summed E-state index contributed by atoms with van der Waals surface area (Å²) in [5.74, 6) is -0.989. The number of hydrogen-bond acceptors (Lipinski definition) is 4. The van der Waals surface area contributed by atoms with E-state index in [1.165, 1.54) is 4.90 Å². The number of rotatable bonds is 3. The second-order valence-electron chi connectivity index (χ2n) is 5.73. The number of aliphatic hydroxyl groups excluding tert-OH is 1. The third-order valence-corrected chi connectivity index (χ3v) is 4.19. The maximum atomic E-state index is 14.4. The predicted octanol–water partition coefficient (Wildman–Crippen LogP) is 3.16. The zero-order chi connectivity index (χ0) is 17.3. The molecule has 124 valence electrons. The van der Waals surface area contributed by atoms with Crippen molar-refractivity contribution in [2.75, 3.05) is 18.6 Å². The zero-order valence-electron chi connectivity index (χ0n) is 13.0. The first-order valence-electron chi connectivity index (χ1n) is 7.51. The van der Waals surface area contributed by atoms with Crippen LogP contribution in [0.5, 0.6) is 5.75 Å². The van der Waals surface area contributed by atoms with Crippen molar-refractivity contribution in [1.82, 2.24) is 0 Å². The van der Waals surface area contributed by atoms with Crippen molar-refractivity contribution < 1.29 is 18.6 Å². The van der Waals surface area contributed by atoms with Gasteiger partial charge in [0.25, 0.3) is 0 Å². The van der Waals surface area contributed by atoms with Gasteiger partial charge in [-0.25, -0.2) is 8.78 Å². The van der Waals surface area contributed by atoms with E-state index in [1.807, 2.05) is 6.07 Å². The summed E-state index contributed by atoms with van der Waals surface area (Å²) in [6.07, 6.45) is -0.345. The number of β-amino-alcohol motifs (C(OH)–C–C–N with tert-alkyl or cyclic N) is 1. The van der Waals surface area contributed by atoms with Gasteiger partial charge in [-0.1, -0.05) is 12.1 Å². The Kier molecular flexibility index (Phi) is 4.36. The highest BCUT2D eigenvalue weighted by atomic mass is 19.1. The molecule has 1 N–H and O–H groups in total. The van der Waals surface area contributed by atoms with Gasteiger partial charge in [0.2, 0.25) is 0 Å². The molecule has 1 heterocycles. The average Bonchev–Trinajstić information content (AvgIpc) is 2.95. The van der Waals surface area contributed by atoms with Crippen LogP contribution in [0.3, 0.4) is 0 Å². The first-order chi connectivity index (χ1) is 11.5. The summed E-state index contributed by atoms with van der Waals surface area (Å²) < 4.78 is 33.9. The van der Waals surface area contributed by atoms with Crippen LogP contribution in [-0.4, -0.2) is 24.9 Å². The van der Waals surface area contributed by atoms with E-state index in [1.54, 1.807) is 31.4 Å². The smallest absolute Gasteiger partial charge is 0.150 e. The molecular formula is C18H16F2N2O2. The standard InChI is InChI=1S/C18H16F2N2O2/c1-24-14-4-2-3-12(7-14)17-8-13(23)10-22(17)18-15(19)5-11(9-21)6-16(18)20/h2-7,13,17,23H,8,10H2,1H3/t13-,17-/m1/s1. The molecule has 1 aliphatic heterocycles. The molecule has 1 fully saturated rings. The molecule has 3 rings (SSSR count). The number of ether oxygens (including phenoxy) is 1. The predicted molar refractivity (Wildman–Crippen MR) is 84.8 cm³/mol. The van der Waals surface area contributed by atoms with E-state index in [2.05, 4.69) is 0 Å². The van der Waals surface area contributed by atoms with Crippen LogP contribution in [0.1, 0.15) is 23.6 Å². The highest BCUT2D eigenvalue weighted by Crippen LogP contribution is 2.39. The lowest BCUT2D eigenvalue weighted by Crippen LogP contribution is -2.26. The van der Waals surface area contributed by atoms with Gasteiger partial charge in [0.1, 0.15) is 11.4 Å². The van der Waals surface area contributed by atoms with Crippen molar-refractivity contribution in [3.63, 3.8) is 0 Å². The van der Waals surface area contributed by atoms with Crippen molar-refractivity contribution in [2.24, 2.45) is 0 Å². The third kappa shape index (κ3) is 2.91. The van der Waals surface area contributed by atoms with Gasteiger partial charge in [-0.05, 0) is 36.2 Å². The molecule has 0 saturated carbocycles. The molecule has 4 nitrogen and oxygen atoms in total. The number of aliphatic hydroxyl groups is 1. The summed E-state index contributed by atoms with van der Waals surface area (Å²) in [4.78, 5) is 1.51. The largest absolute Gasteiger partial charge is 0.497 e. The maximum Gasteiger partial charge on any atom is 0.150 e. The Morgan fingerprint density at radius 2 is 1.96 bits per heavy atom. The van der Waals surface area contributed by atoms with Gasteiger partial charge in [0.15, 0.2) is 11.6 Å². The van der Waals surface area contributed by atoms with Gasteiger partial charge in [-0.2, -0.15) is 5.26 Å². The molecular weight excluding hydrogens is 314 g/mol. The molecule has 0 radical (unpaired) electrons. The fraction of sp³-hybridized carbons (Fsp3) is 0.278. The zero-order valence-corrected chi connectivity index (χ0v) is 13.0. The number of benzene rings is 2. The first-order valence-corrected chi connectivity index (χ1v) is 7.51. The lowest BCUT2D eigenvalue weighted by atomic mass is 10.0. The molecule has 1 saturated heterocycles. The first kappa shape index (κ1) is 16.2. The van der Waals surface area contributed by atoms with Crippen LogP contribution >= 0.6 is 0 Å². The van der Waals surface area contributed by atoms with E-state index >= 15 is 0 Å². The number of anilines is 1. The van der Waals surface area contributed by atoms with Crippen LogP contribution in [0.15, 0.2) is 36.4 Å². The third-order valence-electron chi connectivity index (χ3n) is 4.19. The van der Waals surface area contributed by atoms with E-state index in [9.17, 15) is 13.9 Å². The van der Waals surface area contributed by atoms with Crippen molar-refractivity contribution in [3.8, 4) is 11.8 Å². The quantitative estimate of drug-likeness (QED) is 0.939. The van der Waals surface area contributed by atoms with Gasteiger partial charge in [-0.3, -0.25) is 0 Å². The molecule has 0 amide bonds. The molecule has 0 aromatic heterocycles. The summed E-state index contributed by atoms with van der Waals surface area (Å²) >= 11 is 0. The molecule has 6 heteroatoms. The van der Waals surface area contributed by atoms with Crippen molar-refractivity contribution in [3.05, 3.63) is 59.2 Å². The Bertz CT molecular complexity index is 781. The Hall–Kier alpha value is -2.65. The average molecular weight is 330 g/mol. The maximum absolute atomic E-state index is 14.4. The highest BCUT2D eigenvalue weighted by molar-refractivity contribution is 5.56. The molecule has 24 heavy (non-hydrogen) atoms. The topological polar surface area (TPSA) is 56.5 Å². The van der Waals surface area contributed by atoms with Crippen molar-refractivity contribution in [1.29, 1.82) is 5.26 Å². The van der Waals surface area contributed by atoms with Crippen molar-refractivity contribution >= 4 is 5.69 Å². The number of hydrogen-bond donors (Lipinski definition) is 1. The van der Waals surface area contributed by atoms with E-state index in [0.29, 0.717) is 12.2 Å². The van der Waals surface area contributed by atoms with Crippen LogP contribution < -0.4 is 9.64 Å². The van der Waals surface area contributed by atoms with Crippen molar-refractivity contribution in [2.45, 2.75) is 18.6 Å². The minimum atomic E-state index is -0.812. The second-order valence-corrected chi connectivity index (χ2v) is 5.73. The summed E-state index contributed by atoms with van der Waals surface area (Å²) in [5, 5.41) is 18.9. The molecule has 0 aliphatic carbocycles. The van der Waals surface area contributed by atoms with Gasteiger partial charge >= 0.3 is 0 Å². The highest BCUT2D eigenvalue weighted by Gasteiger charge is 2.35. The lowest BCUT2D eigenvalue weighted by Gasteiger charge is -2.28. The van der Waals surface area contributed by atoms with Gasteiger partial charge in [-0.15, -0.1) is 0 Å². The summed E-state index contributed by atoms with van der Waals surface area (Å²) in [5.41, 5.74) is 0.499. The number of nitriles is 1. The fourth-order valence-corrected chi connectivity index (χ4v) is 3.13. The van der Waals surface area contributed by atoms with E-state index in [0.717, 1.165) is 17.7 Å². The summed E-state index contributed by atoms with van der Waals surface area (Å²) in [6.45, 7) is 0.113. The van der Waals surface area contributed by atoms with Crippen LogP contribution in [0.2, 0.25) is 0 Å². The van der Waals surface area contributed by atoms with E-state index < -0.39 is 17.7 Å². The number of methoxy groups -OCH3 is 1. The molecule has 0 bridgehead atoms.